The van der Waals surface area contributed by atoms with E-state index in [0.29, 0.717) is 11.5 Å². The number of Topliss-reactive ketones (excluding diaryl/α,β-unsaturated/α-hetero) is 1. The summed E-state index contributed by atoms with van der Waals surface area (Å²) in [7, 11) is 1.97. The summed E-state index contributed by atoms with van der Waals surface area (Å²) >= 11 is 0. The van der Waals surface area contributed by atoms with E-state index in [9.17, 15) is 4.79 Å². The first-order chi connectivity index (χ1) is 12.6. The summed E-state index contributed by atoms with van der Waals surface area (Å²) in [5.41, 5.74) is 2.69. The molecule has 0 saturated heterocycles. The molecule has 0 aliphatic heterocycles. The van der Waals surface area contributed by atoms with Crippen LogP contribution in [0, 0.1) is 0 Å². The van der Waals surface area contributed by atoms with Gasteiger partial charge in [0.15, 0.2) is 11.6 Å². The van der Waals surface area contributed by atoms with Crippen LogP contribution in [0.1, 0.15) is 22.8 Å². The van der Waals surface area contributed by atoms with Gasteiger partial charge in [-0.15, -0.1) is 5.10 Å². The number of anilines is 3. The largest absolute Gasteiger partial charge is 0.358 e. The Bertz CT molecular complexity index is 867. The molecule has 7 heteroatoms. The van der Waals surface area contributed by atoms with E-state index < -0.39 is 0 Å². The summed E-state index contributed by atoms with van der Waals surface area (Å²) < 4.78 is 0. The van der Waals surface area contributed by atoms with Crippen LogP contribution in [0.15, 0.2) is 55.0 Å². The molecule has 3 aromatic rings. The first-order valence-corrected chi connectivity index (χ1v) is 8.29. The van der Waals surface area contributed by atoms with Gasteiger partial charge in [0.25, 0.3) is 0 Å². The zero-order valence-corrected chi connectivity index (χ0v) is 14.8. The van der Waals surface area contributed by atoms with E-state index in [1.165, 1.54) is 5.56 Å². The minimum absolute atomic E-state index is 0.0345. The smallest absolute Gasteiger partial charge is 0.249 e. The molecule has 3 rings (SSSR count). The Kier molecular flexibility index (Phi) is 5.48. The molecule has 0 unspecified atom stereocenters. The summed E-state index contributed by atoms with van der Waals surface area (Å²) in [6.45, 7) is 2.34. The number of hydrogen-bond donors (Lipinski definition) is 1. The molecular formula is C19H20N6O. The Morgan fingerprint density at radius 1 is 1.12 bits per heavy atom. The average Bonchev–Trinajstić information content (AvgIpc) is 2.67. The number of nitrogens with zero attached hydrogens (tertiary/aromatic N) is 5. The summed E-state index contributed by atoms with van der Waals surface area (Å²) in [6.07, 6.45) is 6.11. The average molecular weight is 348 g/mol. The monoisotopic (exact) mass is 348 g/mol. The van der Waals surface area contributed by atoms with E-state index in [2.05, 4.69) is 25.5 Å². The molecule has 132 valence electrons. The minimum atomic E-state index is 0.0345. The lowest BCUT2D eigenvalue weighted by atomic mass is 10.1. The molecule has 0 aliphatic rings. The zero-order chi connectivity index (χ0) is 18.4. The molecule has 0 saturated carbocycles. The van der Waals surface area contributed by atoms with Crippen LogP contribution in [0.2, 0.25) is 0 Å². The predicted octanol–water partition coefficient (Wildman–Crippen LogP) is 2.89. The van der Waals surface area contributed by atoms with Crippen LogP contribution in [0.25, 0.3) is 0 Å². The number of nitrogens with one attached hydrogen (secondary N) is 1. The Morgan fingerprint density at radius 2 is 1.85 bits per heavy atom. The number of carbonyl (C=O) groups excluding carboxylic acids is 1. The number of ketones is 1. The Balaban J connectivity index is 1.64. The summed E-state index contributed by atoms with van der Waals surface area (Å²) in [6, 6.07) is 11.2. The van der Waals surface area contributed by atoms with Gasteiger partial charge in [-0.3, -0.25) is 9.78 Å². The van der Waals surface area contributed by atoms with Crippen LogP contribution < -0.4 is 10.2 Å². The first kappa shape index (κ1) is 17.5. The number of aromatic nitrogens is 4. The molecule has 0 fully saturated rings. The Morgan fingerprint density at radius 3 is 2.54 bits per heavy atom. The first-order valence-electron chi connectivity index (χ1n) is 8.29. The molecule has 0 bridgehead atoms. The van der Waals surface area contributed by atoms with Crippen molar-refractivity contribution in [2.24, 2.45) is 0 Å². The van der Waals surface area contributed by atoms with Gasteiger partial charge in [0, 0.05) is 37.2 Å². The van der Waals surface area contributed by atoms with Crippen molar-refractivity contribution >= 4 is 23.2 Å². The van der Waals surface area contributed by atoms with Crippen molar-refractivity contribution in [3.05, 3.63) is 66.1 Å². The molecule has 7 nitrogen and oxygen atoms in total. The fraction of sp³-hybridized carbons (Fsp3) is 0.211. The van der Waals surface area contributed by atoms with Crippen LogP contribution in [-0.4, -0.2) is 39.5 Å². The van der Waals surface area contributed by atoms with Gasteiger partial charge in [0.05, 0.1) is 6.20 Å². The molecule has 0 spiro atoms. The van der Waals surface area contributed by atoms with Crippen LogP contribution in [-0.2, 0) is 6.42 Å². The minimum Gasteiger partial charge on any atom is -0.358 e. The van der Waals surface area contributed by atoms with Gasteiger partial charge in [-0.25, -0.2) is 0 Å². The van der Waals surface area contributed by atoms with E-state index in [-0.39, 0.29) is 5.78 Å². The van der Waals surface area contributed by atoms with Gasteiger partial charge < -0.3 is 10.2 Å². The van der Waals surface area contributed by atoms with E-state index in [0.717, 1.165) is 24.5 Å². The van der Waals surface area contributed by atoms with Gasteiger partial charge in [-0.1, -0.05) is 0 Å². The van der Waals surface area contributed by atoms with Crippen molar-refractivity contribution in [2.45, 2.75) is 13.3 Å². The van der Waals surface area contributed by atoms with Crippen molar-refractivity contribution in [1.29, 1.82) is 0 Å². The molecule has 1 N–H and O–H groups in total. The fourth-order valence-corrected chi connectivity index (χ4v) is 2.41. The third-order valence-electron chi connectivity index (χ3n) is 3.97. The number of likely N-dealkylation sites (N-methyl/N-ethyl adjacent to an activating group) is 1. The standard InChI is InChI=1S/C19H20N6O/c1-14(26)16-3-5-17(6-4-16)22-19-23-18(13-21-24-19)25(2)12-9-15-7-10-20-11-8-15/h3-8,10-11,13H,9,12H2,1-2H3,(H,22,23,24). The lowest BCUT2D eigenvalue weighted by Crippen LogP contribution is -2.22. The number of carbonyl (C=O) groups is 1. The maximum atomic E-state index is 11.3. The van der Waals surface area contributed by atoms with E-state index in [1.54, 1.807) is 37.6 Å². The summed E-state index contributed by atoms with van der Waals surface area (Å²) in [5.74, 6) is 1.18. The van der Waals surface area contributed by atoms with Gasteiger partial charge in [0.1, 0.15) is 0 Å². The van der Waals surface area contributed by atoms with Gasteiger partial charge >= 0.3 is 0 Å². The number of benzene rings is 1. The van der Waals surface area contributed by atoms with Crippen molar-refractivity contribution < 1.29 is 4.79 Å². The van der Waals surface area contributed by atoms with Crippen molar-refractivity contribution in [3.63, 3.8) is 0 Å². The van der Waals surface area contributed by atoms with Crippen LogP contribution in [0.4, 0.5) is 17.5 Å². The van der Waals surface area contributed by atoms with Crippen LogP contribution in [0.5, 0.6) is 0 Å². The molecule has 0 amide bonds. The topological polar surface area (TPSA) is 83.9 Å². The van der Waals surface area contributed by atoms with Gasteiger partial charge in [-0.2, -0.15) is 10.1 Å². The molecule has 2 aromatic heterocycles. The SMILES string of the molecule is CC(=O)c1ccc(Nc2nncc(N(C)CCc3ccncc3)n2)cc1. The molecule has 0 radical (unpaired) electrons. The summed E-state index contributed by atoms with van der Waals surface area (Å²) in [4.78, 5) is 21.9. The highest BCUT2D eigenvalue weighted by Crippen LogP contribution is 2.16. The molecule has 26 heavy (non-hydrogen) atoms. The number of pyridine rings is 1. The van der Waals surface area contributed by atoms with E-state index in [1.807, 2.05) is 36.2 Å². The maximum Gasteiger partial charge on any atom is 0.249 e. The van der Waals surface area contributed by atoms with Crippen molar-refractivity contribution in [3.8, 4) is 0 Å². The quantitative estimate of drug-likeness (QED) is 0.657. The van der Waals surface area contributed by atoms with E-state index in [4.69, 9.17) is 0 Å². The highest BCUT2D eigenvalue weighted by Gasteiger charge is 2.07. The maximum absolute atomic E-state index is 11.3. The normalized spacial score (nSPS) is 10.4. The second kappa shape index (κ2) is 8.15. The van der Waals surface area contributed by atoms with Gasteiger partial charge in [-0.05, 0) is 55.3 Å². The molecule has 0 aliphatic carbocycles. The van der Waals surface area contributed by atoms with Crippen LogP contribution >= 0.6 is 0 Å². The molecule has 2 heterocycles. The zero-order valence-electron chi connectivity index (χ0n) is 14.8. The fourth-order valence-electron chi connectivity index (χ4n) is 2.41. The van der Waals surface area contributed by atoms with E-state index >= 15 is 0 Å². The lowest BCUT2D eigenvalue weighted by Gasteiger charge is -2.18. The molecule has 1 aromatic carbocycles. The second-order valence-electron chi connectivity index (χ2n) is 5.92. The molecular weight excluding hydrogens is 328 g/mol. The second-order valence-corrected chi connectivity index (χ2v) is 5.92. The highest BCUT2D eigenvalue weighted by atomic mass is 16.1. The molecule has 0 atom stereocenters. The number of rotatable bonds is 7. The Labute approximate surface area is 152 Å². The lowest BCUT2D eigenvalue weighted by molar-refractivity contribution is 0.101. The third kappa shape index (κ3) is 4.60. The Hall–Kier alpha value is -3.35. The summed E-state index contributed by atoms with van der Waals surface area (Å²) in [5, 5.41) is 11.1. The predicted molar refractivity (Wildman–Crippen MR) is 101 cm³/mol. The third-order valence-corrected chi connectivity index (χ3v) is 3.97. The number of hydrogen-bond acceptors (Lipinski definition) is 7. The van der Waals surface area contributed by atoms with Crippen LogP contribution in [0.3, 0.4) is 0 Å². The van der Waals surface area contributed by atoms with Crippen molar-refractivity contribution in [2.75, 3.05) is 23.8 Å². The highest BCUT2D eigenvalue weighted by molar-refractivity contribution is 5.94. The van der Waals surface area contributed by atoms with Crippen molar-refractivity contribution in [1.82, 2.24) is 20.2 Å². The van der Waals surface area contributed by atoms with Gasteiger partial charge in [0.2, 0.25) is 5.95 Å².